The predicted octanol–water partition coefficient (Wildman–Crippen LogP) is 2.96. The molecule has 1 unspecified atom stereocenters. The Morgan fingerprint density at radius 3 is 3.12 bits per heavy atom. The summed E-state index contributed by atoms with van der Waals surface area (Å²) in [5.41, 5.74) is 2.25. The molecule has 2 nitrogen and oxygen atoms in total. The van der Waals surface area contributed by atoms with E-state index < -0.39 is 0 Å². The maximum atomic E-state index is 12.1. The number of rotatable bonds is 4. The van der Waals surface area contributed by atoms with E-state index in [-0.39, 0.29) is 5.92 Å². The molecule has 1 aliphatic heterocycles. The van der Waals surface area contributed by atoms with Crippen LogP contribution in [-0.4, -0.2) is 12.3 Å². The molecule has 1 heterocycles. The van der Waals surface area contributed by atoms with Crippen molar-refractivity contribution in [3.63, 3.8) is 0 Å². The quantitative estimate of drug-likeness (QED) is 0.633. The van der Waals surface area contributed by atoms with Crippen LogP contribution in [0.1, 0.15) is 37.2 Å². The summed E-state index contributed by atoms with van der Waals surface area (Å²) in [5, 5.41) is 3.33. The number of unbranched alkanes of at least 4 members (excludes halogenated alkanes) is 1. The minimum absolute atomic E-state index is 0.0604. The Bertz CT molecular complexity index is 444. The lowest BCUT2D eigenvalue weighted by Gasteiger charge is -2.25. The van der Waals surface area contributed by atoms with Gasteiger partial charge in [0.2, 0.25) is 0 Å². The molecule has 0 saturated heterocycles. The van der Waals surface area contributed by atoms with Crippen LogP contribution >= 0.6 is 0 Å². The summed E-state index contributed by atoms with van der Waals surface area (Å²) < 4.78 is 0. The Morgan fingerprint density at radius 1 is 1.47 bits per heavy atom. The van der Waals surface area contributed by atoms with Crippen molar-refractivity contribution in [2.24, 2.45) is 0 Å². The molecule has 0 bridgehead atoms. The molecule has 88 valence electrons. The van der Waals surface area contributed by atoms with Crippen molar-refractivity contribution in [1.29, 1.82) is 0 Å². The van der Waals surface area contributed by atoms with Crippen LogP contribution in [0.5, 0.6) is 0 Å². The Morgan fingerprint density at radius 2 is 2.29 bits per heavy atom. The average molecular weight is 227 g/mol. The molecule has 0 fully saturated rings. The molecular formula is C15H17NO. The van der Waals surface area contributed by atoms with E-state index in [2.05, 4.69) is 11.2 Å². The molecule has 1 N–H and O–H groups in total. The molecule has 0 radical (unpaired) electrons. The van der Waals surface area contributed by atoms with Gasteiger partial charge in [-0.3, -0.25) is 4.79 Å². The summed E-state index contributed by atoms with van der Waals surface area (Å²) in [6.07, 6.45) is 8.19. The van der Waals surface area contributed by atoms with Gasteiger partial charge in [0.25, 0.3) is 0 Å². The van der Waals surface area contributed by atoms with Crippen molar-refractivity contribution in [2.75, 3.05) is 11.9 Å². The van der Waals surface area contributed by atoms with Gasteiger partial charge in [0, 0.05) is 31.0 Å². The second-order valence-corrected chi connectivity index (χ2v) is 4.38. The van der Waals surface area contributed by atoms with Gasteiger partial charge in [-0.1, -0.05) is 18.2 Å². The fraction of sp³-hybridized carbons (Fsp3) is 0.400. The first-order valence-corrected chi connectivity index (χ1v) is 6.12. The number of nitrogens with one attached hydrogen (secondary N) is 1. The molecule has 2 heteroatoms. The second kappa shape index (κ2) is 5.54. The van der Waals surface area contributed by atoms with Gasteiger partial charge in [-0.05, 0) is 24.5 Å². The number of anilines is 1. The molecule has 2 rings (SSSR count). The van der Waals surface area contributed by atoms with E-state index in [1.807, 2.05) is 24.3 Å². The molecule has 1 atom stereocenters. The van der Waals surface area contributed by atoms with Gasteiger partial charge in [-0.15, -0.1) is 12.3 Å². The van der Waals surface area contributed by atoms with Crippen molar-refractivity contribution in [3.8, 4) is 12.3 Å². The van der Waals surface area contributed by atoms with Crippen LogP contribution in [0.2, 0.25) is 0 Å². The Kier molecular flexibility index (Phi) is 3.82. The number of para-hydroxylation sites is 1. The minimum atomic E-state index is 0.0604. The maximum Gasteiger partial charge on any atom is 0.140 e. The van der Waals surface area contributed by atoms with Crippen LogP contribution in [0.25, 0.3) is 0 Å². The first-order chi connectivity index (χ1) is 8.33. The normalized spacial score (nSPS) is 17.7. The fourth-order valence-corrected chi connectivity index (χ4v) is 2.34. The SMILES string of the molecule is C#CCCCC(=O)C1CCNc2ccccc21. The van der Waals surface area contributed by atoms with E-state index in [1.54, 1.807) is 0 Å². The van der Waals surface area contributed by atoms with E-state index in [1.165, 1.54) is 0 Å². The topological polar surface area (TPSA) is 29.1 Å². The van der Waals surface area contributed by atoms with Crippen LogP contribution in [0.3, 0.4) is 0 Å². The number of fused-ring (bicyclic) bond motifs is 1. The molecule has 0 amide bonds. The number of hydrogen-bond donors (Lipinski definition) is 1. The highest BCUT2D eigenvalue weighted by Gasteiger charge is 2.25. The Hall–Kier alpha value is -1.75. The van der Waals surface area contributed by atoms with Gasteiger partial charge in [-0.2, -0.15) is 0 Å². The molecule has 1 aromatic rings. The van der Waals surface area contributed by atoms with Crippen LogP contribution in [-0.2, 0) is 4.79 Å². The van der Waals surface area contributed by atoms with Crippen molar-refractivity contribution in [3.05, 3.63) is 29.8 Å². The van der Waals surface area contributed by atoms with Crippen LogP contribution in [0, 0.1) is 12.3 Å². The number of hydrogen-bond acceptors (Lipinski definition) is 2. The van der Waals surface area contributed by atoms with Gasteiger partial charge in [0.05, 0.1) is 0 Å². The van der Waals surface area contributed by atoms with Crippen LogP contribution in [0.4, 0.5) is 5.69 Å². The summed E-state index contributed by atoms with van der Waals surface area (Å²) >= 11 is 0. The van der Waals surface area contributed by atoms with Crippen LogP contribution in [0.15, 0.2) is 24.3 Å². The van der Waals surface area contributed by atoms with Crippen LogP contribution < -0.4 is 5.32 Å². The lowest BCUT2D eigenvalue weighted by Crippen LogP contribution is -2.22. The number of ketones is 1. The maximum absolute atomic E-state index is 12.1. The molecule has 1 aromatic carbocycles. The third-order valence-corrected chi connectivity index (χ3v) is 3.22. The summed E-state index contributed by atoms with van der Waals surface area (Å²) in [7, 11) is 0. The average Bonchev–Trinajstić information content (AvgIpc) is 2.38. The Labute approximate surface area is 102 Å². The number of Topliss-reactive ketones (excluding diaryl/α,β-unsaturated/α-hetero) is 1. The molecule has 0 spiro atoms. The zero-order valence-electron chi connectivity index (χ0n) is 9.91. The lowest BCUT2D eigenvalue weighted by molar-refractivity contribution is -0.120. The van der Waals surface area contributed by atoms with E-state index >= 15 is 0 Å². The molecule has 1 aliphatic rings. The third-order valence-electron chi connectivity index (χ3n) is 3.22. The fourth-order valence-electron chi connectivity index (χ4n) is 2.34. The van der Waals surface area contributed by atoms with Gasteiger partial charge >= 0.3 is 0 Å². The smallest absolute Gasteiger partial charge is 0.140 e. The van der Waals surface area contributed by atoms with Gasteiger partial charge in [0.1, 0.15) is 5.78 Å². The van der Waals surface area contributed by atoms with Gasteiger partial charge < -0.3 is 5.32 Å². The van der Waals surface area contributed by atoms with Gasteiger partial charge in [0.15, 0.2) is 0 Å². The first kappa shape index (κ1) is 11.7. The summed E-state index contributed by atoms with van der Waals surface area (Å²) in [4.78, 5) is 12.1. The Balaban J connectivity index is 2.08. The number of terminal acetylenes is 1. The third kappa shape index (κ3) is 2.68. The van der Waals surface area contributed by atoms with E-state index in [4.69, 9.17) is 6.42 Å². The molecule has 0 aromatic heterocycles. The lowest BCUT2D eigenvalue weighted by atomic mass is 9.86. The minimum Gasteiger partial charge on any atom is -0.385 e. The molecular weight excluding hydrogens is 210 g/mol. The zero-order valence-corrected chi connectivity index (χ0v) is 9.91. The molecule has 0 aliphatic carbocycles. The summed E-state index contributed by atoms with van der Waals surface area (Å²) in [5.74, 6) is 2.97. The van der Waals surface area contributed by atoms with E-state index in [0.717, 1.165) is 30.6 Å². The van der Waals surface area contributed by atoms with Crippen molar-refractivity contribution < 1.29 is 4.79 Å². The highest BCUT2D eigenvalue weighted by Crippen LogP contribution is 2.32. The molecule has 0 saturated carbocycles. The number of carbonyl (C=O) groups excluding carboxylic acids is 1. The summed E-state index contributed by atoms with van der Waals surface area (Å²) in [6.45, 7) is 0.878. The zero-order chi connectivity index (χ0) is 12.1. The van der Waals surface area contributed by atoms with Crippen molar-refractivity contribution in [2.45, 2.75) is 31.6 Å². The number of carbonyl (C=O) groups is 1. The monoisotopic (exact) mass is 227 g/mol. The highest BCUT2D eigenvalue weighted by molar-refractivity contribution is 5.88. The second-order valence-electron chi connectivity index (χ2n) is 4.38. The highest BCUT2D eigenvalue weighted by atomic mass is 16.1. The standard InChI is InChI=1S/C15H17NO/c1-2-3-4-9-15(17)13-10-11-16-14-8-6-5-7-12(13)14/h1,5-8,13,16H,3-4,9-11H2. The van der Waals surface area contributed by atoms with Crippen molar-refractivity contribution >= 4 is 11.5 Å². The number of benzene rings is 1. The van der Waals surface area contributed by atoms with Crippen molar-refractivity contribution in [1.82, 2.24) is 0 Å². The first-order valence-electron chi connectivity index (χ1n) is 6.12. The van der Waals surface area contributed by atoms with E-state index in [9.17, 15) is 4.79 Å². The molecule has 17 heavy (non-hydrogen) atoms. The van der Waals surface area contributed by atoms with E-state index in [0.29, 0.717) is 18.6 Å². The largest absolute Gasteiger partial charge is 0.385 e. The summed E-state index contributed by atoms with van der Waals surface area (Å²) in [6, 6.07) is 8.08. The van der Waals surface area contributed by atoms with Gasteiger partial charge in [-0.25, -0.2) is 0 Å². The predicted molar refractivity (Wildman–Crippen MR) is 70.0 cm³/mol.